The molecular formula is C4H6F3N. The molecule has 0 aromatic rings. The van der Waals surface area contributed by atoms with Crippen LogP contribution in [0.3, 0.4) is 0 Å². The van der Waals surface area contributed by atoms with Crippen molar-refractivity contribution in [3.8, 4) is 0 Å². The number of nitrogens with one attached hydrogen (secondary N) is 1. The first-order chi connectivity index (χ1) is 3.72. The van der Waals surface area contributed by atoms with Crippen molar-refractivity contribution in [3.63, 3.8) is 0 Å². The van der Waals surface area contributed by atoms with E-state index in [2.05, 4.69) is 5.32 Å². The smallest absolute Gasteiger partial charge is 0.256 e. The quantitative estimate of drug-likeness (QED) is 0.540. The predicted molar refractivity (Wildman–Crippen MR) is 22.7 cm³/mol. The van der Waals surface area contributed by atoms with Crippen LogP contribution < -0.4 is 5.32 Å². The molecule has 48 valence electrons. The summed E-state index contributed by atoms with van der Waals surface area (Å²) in [4.78, 5) is 0. The molecule has 0 bridgehead atoms. The molecule has 4 heteroatoms. The lowest BCUT2D eigenvalue weighted by Crippen LogP contribution is -2.58. The van der Waals surface area contributed by atoms with E-state index < -0.39 is 18.6 Å². The highest BCUT2D eigenvalue weighted by atomic mass is 19.3. The second-order valence-corrected chi connectivity index (χ2v) is 1.78. The first kappa shape index (κ1) is 5.88. The first-order valence-electron chi connectivity index (χ1n) is 2.37. The van der Waals surface area contributed by atoms with Crippen molar-refractivity contribution in [2.24, 2.45) is 0 Å². The van der Waals surface area contributed by atoms with E-state index in [1.165, 1.54) is 0 Å². The van der Waals surface area contributed by atoms with Crippen LogP contribution in [0.5, 0.6) is 0 Å². The number of halogens is 3. The molecule has 2 atom stereocenters. The third kappa shape index (κ3) is 0.798. The van der Waals surface area contributed by atoms with Crippen molar-refractivity contribution in [2.45, 2.75) is 18.6 Å². The van der Waals surface area contributed by atoms with Crippen molar-refractivity contribution in [2.75, 3.05) is 6.54 Å². The maximum Gasteiger partial charge on any atom is 0.256 e. The molecule has 1 rings (SSSR count). The molecule has 1 nitrogen and oxygen atoms in total. The van der Waals surface area contributed by atoms with Gasteiger partial charge in [-0.3, -0.25) is 0 Å². The average Bonchev–Trinajstić information content (AvgIpc) is 1.61. The number of alkyl halides is 3. The SMILES string of the molecule is FC(F)C1NCC1F. The van der Waals surface area contributed by atoms with E-state index in [1.807, 2.05) is 0 Å². The lowest BCUT2D eigenvalue weighted by atomic mass is 10.1. The predicted octanol–water partition coefficient (Wildman–Crippen LogP) is 0.561. The molecular weight excluding hydrogens is 119 g/mol. The zero-order valence-corrected chi connectivity index (χ0v) is 4.07. The van der Waals surface area contributed by atoms with Gasteiger partial charge in [0, 0.05) is 6.54 Å². The Labute approximate surface area is 44.9 Å². The van der Waals surface area contributed by atoms with E-state index >= 15 is 0 Å². The van der Waals surface area contributed by atoms with Gasteiger partial charge in [0.2, 0.25) is 0 Å². The molecule has 1 heterocycles. The van der Waals surface area contributed by atoms with Gasteiger partial charge >= 0.3 is 0 Å². The van der Waals surface area contributed by atoms with Crippen molar-refractivity contribution < 1.29 is 13.2 Å². The summed E-state index contributed by atoms with van der Waals surface area (Å²) in [6, 6.07) is -1.20. The van der Waals surface area contributed by atoms with Gasteiger partial charge in [0.25, 0.3) is 6.43 Å². The van der Waals surface area contributed by atoms with Gasteiger partial charge in [-0.25, -0.2) is 13.2 Å². The van der Waals surface area contributed by atoms with Crippen LogP contribution in [0, 0.1) is 0 Å². The fraction of sp³-hybridized carbons (Fsp3) is 1.00. The molecule has 1 fully saturated rings. The highest BCUT2D eigenvalue weighted by Gasteiger charge is 2.37. The van der Waals surface area contributed by atoms with E-state index in [0.717, 1.165) is 0 Å². The van der Waals surface area contributed by atoms with Gasteiger partial charge in [-0.15, -0.1) is 0 Å². The molecule has 1 aliphatic heterocycles. The fourth-order valence-corrected chi connectivity index (χ4v) is 0.590. The highest BCUT2D eigenvalue weighted by Crippen LogP contribution is 2.15. The van der Waals surface area contributed by atoms with Crippen LogP contribution in [0.2, 0.25) is 0 Å². The summed E-state index contributed by atoms with van der Waals surface area (Å²) in [6.07, 6.45) is -3.89. The Bertz CT molecular complexity index is 80.6. The molecule has 0 amide bonds. The van der Waals surface area contributed by atoms with Gasteiger partial charge < -0.3 is 5.32 Å². The largest absolute Gasteiger partial charge is 0.303 e. The topological polar surface area (TPSA) is 12.0 Å². The summed E-state index contributed by atoms with van der Waals surface area (Å²) in [5.74, 6) is 0. The van der Waals surface area contributed by atoms with E-state index in [1.54, 1.807) is 0 Å². The summed E-state index contributed by atoms with van der Waals surface area (Å²) < 4.78 is 34.7. The molecule has 0 aromatic carbocycles. The molecule has 0 aliphatic carbocycles. The minimum Gasteiger partial charge on any atom is -0.303 e. The Balaban J connectivity index is 2.26. The molecule has 0 radical (unpaired) electrons. The second kappa shape index (κ2) is 1.93. The van der Waals surface area contributed by atoms with Crippen LogP contribution in [-0.2, 0) is 0 Å². The van der Waals surface area contributed by atoms with Gasteiger partial charge in [0.05, 0.1) is 0 Å². The average molecular weight is 125 g/mol. The Morgan fingerprint density at radius 2 is 2.12 bits per heavy atom. The molecule has 0 saturated carbocycles. The van der Waals surface area contributed by atoms with Crippen LogP contribution in [0.15, 0.2) is 0 Å². The summed E-state index contributed by atoms with van der Waals surface area (Å²) in [7, 11) is 0. The van der Waals surface area contributed by atoms with Crippen LogP contribution >= 0.6 is 0 Å². The van der Waals surface area contributed by atoms with Crippen molar-refractivity contribution in [1.29, 1.82) is 0 Å². The fourth-order valence-electron chi connectivity index (χ4n) is 0.590. The third-order valence-electron chi connectivity index (χ3n) is 1.21. The molecule has 0 aromatic heterocycles. The van der Waals surface area contributed by atoms with E-state index in [-0.39, 0.29) is 6.54 Å². The lowest BCUT2D eigenvalue weighted by Gasteiger charge is -2.30. The summed E-state index contributed by atoms with van der Waals surface area (Å²) in [5.41, 5.74) is 0. The van der Waals surface area contributed by atoms with Crippen molar-refractivity contribution in [1.82, 2.24) is 5.32 Å². The Morgan fingerprint density at radius 3 is 2.12 bits per heavy atom. The van der Waals surface area contributed by atoms with Gasteiger partial charge in [0.1, 0.15) is 12.2 Å². The standard InChI is InChI=1S/C4H6F3N/c5-2-1-8-3(2)4(6)7/h2-4,8H,1H2. The van der Waals surface area contributed by atoms with Gasteiger partial charge in [-0.05, 0) is 0 Å². The number of rotatable bonds is 1. The maximum atomic E-state index is 11.9. The normalized spacial score (nSPS) is 37.5. The van der Waals surface area contributed by atoms with Crippen LogP contribution in [0.1, 0.15) is 0 Å². The van der Waals surface area contributed by atoms with Gasteiger partial charge in [-0.1, -0.05) is 0 Å². The third-order valence-corrected chi connectivity index (χ3v) is 1.21. The molecule has 0 spiro atoms. The summed E-state index contributed by atoms with van der Waals surface area (Å²) in [5, 5.41) is 2.27. The summed E-state index contributed by atoms with van der Waals surface area (Å²) in [6.45, 7) is 0.0784. The first-order valence-corrected chi connectivity index (χ1v) is 2.37. The van der Waals surface area contributed by atoms with E-state index in [0.29, 0.717) is 0 Å². The van der Waals surface area contributed by atoms with E-state index in [9.17, 15) is 13.2 Å². The molecule has 8 heavy (non-hydrogen) atoms. The molecule has 1 N–H and O–H groups in total. The lowest BCUT2D eigenvalue weighted by molar-refractivity contribution is 0.0113. The van der Waals surface area contributed by atoms with Crippen molar-refractivity contribution in [3.05, 3.63) is 0 Å². The molecule has 1 aliphatic rings. The number of hydrogen-bond donors (Lipinski definition) is 1. The monoisotopic (exact) mass is 125 g/mol. The zero-order valence-electron chi connectivity index (χ0n) is 4.07. The molecule has 1 saturated heterocycles. The van der Waals surface area contributed by atoms with Gasteiger partial charge in [-0.2, -0.15) is 0 Å². The van der Waals surface area contributed by atoms with Crippen molar-refractivity contribution >= 4 is 0 Å². The van der Waals surface area contributed by atoms with Gasteiger partial charge in [0.15, 0.2) is 0 Å². The maximum absolute atomic E-state index is 11.9. The Hall–Kier alpha value is -0.250. The van der Waals surface area contributed by atoms with Crippen LogP contribution in [0.4, 0.5) is 13.2 Å². The number of hydrogen-bond acceptors (Lipinski definition) is 1. The summed E-state index contributed by atoms with van der Waals surface area (Å²) >= 11 is 0. The second-order valence-electron chi connectivity index (χ2n) is 1.78. The Kier molecular flexibility index (Phi) is 1.42. The minimum absolute atomic E-state index is 0.0784. The Morgan fingerprint density at radius 1 is 1.50 bits per heavy atom. The highest BCUT2D eigenvalue weighted by molar-refractivity contribution is 4.89. The zero-order chi connectivity index (χ0) is 6.15. The van der Waals surface area contributed by atoms with Crippen LogP contribution in [-0.4, -0.2) is 25.2 Å². The minimum atomic E-state index is -2.56. The van der Waals surface area contributed by atoms with E-state index in [4.69, 9.17) is 0 Å². The molecule has 2 unspecified atom stereocenters. The van der Waals surface area contributed by atoms with Crippen LogP contribution in [0.25, 0.3) is 0 Å².